The normalized spacial score (nSPS) is 14.8. The number of carbonyl (C=O) groups is 1. The predicted molar refractivity (Wildman–Crippen MR) is 110 cm³/mol. The lowest BCUT2D eigenvalue weighted by molar-refractivity contribution is -0.129. The van der Waals surface area contributed by atoms with E-state index in [0.717, 1.165) is 23.3 Å². The number of rotatable bonds is 6. The SMILES string of the molecule is O=C(CN[C@H](c1ccccc1)c1cccs1)N1CCC(c2ccccc2)=N1. The number of benzene rings is 2. The zero-order valence-electron chi connectivity index (χ0n) is 14.9. The number of hydrogen-bond donors (Lipinski definition) is 1. The average molecular weight is 375 g/mol. The second kappa shape index (κ2) is 8.29. The van der Waals surface area contributed by atoms with Gasteiger partial charge in [-0.15, -0.1) is 11.3 Å². The molecule has 136 valence electrons. The van der Waals surface area contributed by atoms with E-state index in [1.54, 1.807) is 16.3 Å². The summed E-state index contributed by atoms with van der Waals surface area (Å²) in [7, 11) is 0. The second-order valence-corrected chi connectivity index (χ2v) is 7.40. The zero-order valence-corrected chi connectivity index (χ0v) is 15.7. The largest absolute Gasteiger partial charge is 0.297 e. The molecule has 0 spiro atoms. The Balaban J connectivity index is 1.44. The summed E-state index contributed by atoms with van der Waals surface area (Å²) in [5.74, 6) is -0.00146. The lowest BCUT2D eigenvalue weighted by Gasteiger charge is -2.19. The molecule has 5 heteroatoms. The summed E-state index contributed by atoms with van der Waals surface area (Å²) >= 11 is 1.69. The predicted octanol–water partition coefficient (Wildman–Crippen LogP) is 4.06. The quantitative estimate of drug-likeness (QED) is 0.706. The molecule has 2 heterocycles. The number of hydrogen-bond acceptors (Lipinski definition) is 4. The van der Waals surface area contributed by atoms with Crippen molar-refractivity contribution in [1.29, 1.82) is 0 Å². The standard InChI is InChI=1S/C22H21N3OS/c26-21(25-14-13-19(24-25)17-8-3-1-4-9-17)16-23-22(20-12-7-15-27-20)18-10-5-2-6-11-18/h1-12,15,22-23H,13-14,16H2/t22-/m1/s1. The maximum Gasteiger partial charge on any atom is 0.256 e. The van der Waals surface area contributed by atoms with Crippen molar-refractivity contribution in [2.24, 2.45) is 5.10 Å². The van der Waals surface area contributed by atoms with Gasteiger partial charge in [0.1, 0.15) is 0 Å². The van der Waals surface area contributed by atoms with Crippen LogP contribution in [0.25, 0.3) is 0 Å². The molecule has 1 aliphatic rings. The molecular weight excluding hydrogens is 354 g/mol. The Morgan fingerprint density at radius 2 is 1.78 bits per heavy atom. The Morgan fingerprint density at radius 3 is 2.48 bits per heavy atom. The maximum atomic E-state index is 12.7. The fraction of sp³-hybridized carbons (Fsp3) is 0.182. The Bertz CT molecular complexity index is 907. The number of thiophene rings is 1. The third-order valence-corrected chi connectivity index (χ3v) is 5.55. The van der Waals surface area contributed by atoms with Crippen molar-refractivity contribution >= 4 is 23.0 Å². The molecule has 1 N–H and O–H groups in total. The highest BCUT2D eigenvalue weighted by Gasteiger charge is 2.23. The molecule has 4 rings (SSSR count). The number of carbonyl (C=O) groups excluding carboxylic acids is 1. The van der Waals surface area contributed by atoms with Crippen LogP contribution in [-0.4, -0.2) is 29.7 Å². The highest BCUT2D eigenvalue weighted by Crippen LogP contribution is 2.25. The summed E-state index contributed by atoms with van der Waals surface area (Å²) in [5, 5.41) is 11.6. The fourth-order valence-corrected chi connectivity index (χ4v) is 4.06. The lowest BCUT2D eigenvalue weighted by atomic mass is 10.1. The van der Waals surface area contributed by atoms with Crippen LogP contribution in [0.5, 0.6) is 0 Å². The van der Waals surface area contributed by atoms with Gasteiger partial charge in [-0.2, -0.15) is 5.10 Å². The van der Waals surface area contributed by atoms with Gasteiger partial charge in [0, 0.05) is 11.3 Å². The van der Waals surface area contributed by atoms with Crippen LogP contribution in [0.4, 0.5) is 0 Å². The van der Waals surface area contributed by atoms with Gasteiger partial charge >= 0.3 is 0 Å². The minimum Gasteiger partial charge on any atom is -0.297 e. The first kappa shape index (κ1) is 17.6. The van der Waals surface area contributed by atoms with Crippen molar-refractivity contribution in [1.82, 2.24) is 10.3 Å². The summed E-state index contributed by atoms with van der Waals surface area (Å²) in [6.07, 6.45) is 0.794. The van der Waals surface area contributed by atoms with Crippen LogP contribution < -0.4 is 5.32 Å². The van der Waals surface area contributed by atoms with E-state index in [1.165, 1.54) is 4.88 Å². The van der Waals surface area contributed by atoms with Crippen molar-refractivity contribution in [3.8, 4) is 0 Å². The topological polar surface area (TPSA) is 44.7 Å². The third-order valence-electron chi connectivity index (χ3n) is 4.61. The van der Waals surface area contributed by atoms with E-state index in [2.05, 4.69) is 34.0 Å². The number of hydrazone groups is 1. The minimum absolute atomic E-state index is 0.00146. The van der Waals surface area contributed by atoms with E-state index < -0.39 is 0 Å². The molecule has 0 bridgehead atoms. The molecule has 3 aromatic rings. The molecule has 0 radical (unpaired) electrons. The van der Waals surface area contributed by atoms with E-state index >= 15 is 0 Å². The van der Waals surface area contributed by atoms with Crippen molar-refractivity contribution in [3.05, 3.63) is 94.2 Å². The van der Waals surface area contributed by atoms with Crippen molar-refractivity contribution in [2.75, 3.05) is 13.1 Å². The number of nitrogens with one attached hydrogen (secondary N) is 1. The van der Waals surface area contributed by atoms with E-state index in [9.17, 15) is 4.79 Å². The van der Waals surface area contributed by atoms with Gasteiger partial charge in [-0.3, -0.25) is 10.1 Å². The first-order valence-electron chi connectivity index (χ1n) is 9.06. The Morgan fingerprint density at radius 1 is 1.04 bits per heavy atom. The van der Waals surface area contributed by atoms with Gasteiger partial charge < -0.3 is 0 Å². The van der Waals surface area contributed by atoms with Crippen molar-refractivity contribution < 1.29 is 4.79 Å². The molecule has 4 nitrogen and oxygen atoms in total. The van der Waals surface area contributed by atoms with Gasteiger partial charge in [0.25, 0.3) is 5.91 Å². The summed E-state index contributed by atoms with van der Waals surface area (Å²) in [4.78, 5) is 13.9. The Labute approximate surface area is 163 Å². The van der Waals surface area contributed by atoms with Crippen LogP contribution in [-0.2, 0) is 4.79 Å². The summed E-state index contributed by atoms with van der Waals surface area (Å²) in [6, 6.07) is 24.4. The minimum atomic E-state index is -0.00146. The van der Waals surface area contributed by atoms with E-state index in [-0.39, 0.29) is 18.5 Å². The van der Waals surface area contributed by atoms with Gasteiger partial charge in [-0.05, 0) is 22.6 Å². The summed E-state index contributed by atoms with van der Waals surface area (Å²) < 4.78 is 0. The molecule has 0 unspecified atom stereocenters. The molecule has 1 atom stereocenters. The summed E-state index contributed by atoms with van der Waals surface area (Å²) in [5.41, 5.74) is 3.21. The van der Waals surface area contributed by atoms with Crippen LogP contribution in [0.3, 0.4) is 0 Å². The highest BCUT2D eigenvalue weighted by atomic mass is 32.1. The molecule has 2 aromatic carbocycles. The molecule has 0 fully saturated rings. The molecule has 0 saturated heterocycles. The van der Waals surface area contributed by atoms with E-state index in [0.29, 0.717) is 6.54 Å². The second-order valence-electron chi connectivity index (χ2n) is 6.42. The smallest absolute Gasteiger partial charge is 0.256 e. The Hall–Kier alpha value is -2.76. The van der Waals surface area contributed by atoms with E-state index in [4.69, 9.17) is 0 Å². The maximum absolute atomic E-state index is 12.7. The summed E-state index contributed by atoms with van der Waals surface area (Å²) in [6.45, 7) is 0.892. The van der Waals surface area contributed by atoms with Gasteiger partial charge in [-0.25, -0.2) is 5.01 Å². The molecule has 27 heavy (non-hydrogen) atoms. The molecule has 1 aliphatic heterocycles. The molecule has 1 aromatic heterocycles. The number of nitrogens with zero attached hydrogens (tertiary/aromatic N) is 2. The first-order valence-corrected chi connectivity index (χ1v) is 9.94. The fourth-order valence-electron chi connectivity index (χ4n) is 3.23. The van der Waals surface area contributed by atoms with E-state index in [1.807, 2.05) is 54.6 Å². The molecule has 0 saturated carbocycles. The zero-order chi connectivity index (χ0) is 18.5. The highest BCUT2D eigenvalue weighted by molar-refractivity contribution is 7.10. The number of amides is 1. The third kappa shape index (κ3) is 4.15. The van der Waals surface area contributed by atoms with Gasteiger partial charge in [0.05, 0.1) is 24.8 Å². The monoisotopic (exact) mass is 375 g/mol. The van der Waals surface area contributed by atoms with Gasteiger partial charge in [0.15, 0.2) is 0 Å². The van der Waals surface area contributed by atoms with Crippen molar-refractivity contribution in [3.63, 3.8) is 0 Å². The lowest BCUT2D eigenvalue weighted by Crippen LogP contribution is -2.35. The van der Waals surface area contributed by atoms with Crippen molar-refractivity contribution in [2.45, 2.75) is 12.5 Å². The van der Waals surface area contributed by atoms with Crippen LogP contribution in [0.15, 0.2) is 83.3 Å². The Kier molecular flexibility index (Phi) is 5.42. The van der Waals surface area contributed by atoms with Crippen LogP contribution in [0, 0.1) is 0 Å². The molecule has 1 amide bonds. The van der Waals surface area contributed by atoms with Gasteiger partial charge in [-0.1, -0.05) is 66.7 Å². The van der Waals surface area contributed by atoms with Gasteiger partial charge in [0.2, 0.25) is 0 Å². The first-order chi connectivity index (χ1) is 13.3. The molecule has 0 aliphatic carbocycles. The van der Waals surface area contributed by atoms with Crippen LogP contribution in [0.2, 0.25) is 0 Å². The van der Waals surface area contributed by atoms with Crippen LogP contribution >= 0.6 is 11.3 Å². The average Bonchev–Trinajstić information content (AvgIpc) is 3.42. The van der Waals surface area contributed by atoms with Crippen LogP contribution in [0.1, 0.15) is 28.5 Å². The molecular formula is C22H21N3OS.